The van der Waals surface area contributed by atoms with Gasteiger partial charge in [0, 0.05) is 23.6 Å². The second-order valence-corrected chi connectivity index (χ2v) is 5.93. The Morgan fingerprint density at radius 1 is 1.35 bits per heavy atom. The molecule has 2 rings (SSSR count). The van der Waals surface area contributed by atoms with Crippen molar-refractivity contribution in [3.8, 4) is 11.4 Å². The fourth-order valence-corrected chi connectivity index (χ4v) is 2.45. The number of carbonyl (C=O) groups excluding carboxylic acids is 1. The zero-order valence-electron chi connectivity index (χ0n) is 12.0. The number of carbonyl (C=O) groups is 2. The lowest BCUT2D eigenvalue weighted by molar-refractivity contribution is -0.133. The molecule has 0 unspecified atom stereocenters. The Morgan fingerprint density at radius 2 is 2.17 bits per heavy atom. The number of hydrogen-bond acceptors (Lipinski definition) is 6. The Morgan fingerprint density at radius 3 is 2.91 bits per heavy atom. The van der Waals surface area contributed by atoms with Crippen LogP contribution in [0.15, 0.2) is 28.8 Å². The fourth-order valence-electron chi connectivity index (χ4n) is 1.69. The third-order valence-electron chi connectivity index (χ3n) is 2.67. The van der Waals surface area contributed by atoms with Crippen LogP contribution in [0, 0.1) is 0 Å². The minimum absolute atomic E-state index is 0.0971. The van der Waals surface area contributed by atoms with Crippen molar-refractivity contribution in [1.29, 1.82) is 0 Å². The quantitative estimate of drug-likeness (QED) is 0.744. The first-order valence-electron chi connectivity index (χ1n) is 6.69. The van der Waals surface area contributed by atoms with Crippen LogP contribution in [0.3, 0.4) is 0 Å². The van der Waals surface area contributed by atoms with Crippen LogP contribution in [0.4, 0.5) is 0 Å². The molecule has 7 nitrogen and oxygen atoms in total. The number of carboxylic acid groups (broad SMARTS) is 1. The molecule has 1 aromatic carbocycles. The Kier molecular flexibility index (Phi) is 6.42. The SMILES string of the molecule is O=C(O)CSCC(=O)NCCc1nc(-c2cccc(Cl)c2)no1. The molecule has 122 valence electrons. The molecule has 23 heavy (non-hydrogen) atoms. The first kappa shape index (κ1) is 17.3. The fraction of sp³-hybridized carbons (Fsp3) is 0.286. The molecule has 2 N–H and O–H groups in total. The lowest BCUT2D eigenvalue weighted by atomic mass is 10.2. The molecule has 9 heteroatoms. The van der Waals surface area contributed by atoms with Gasteiger partial charge < -0.3 is 14.9 Å². The number of rotatable bonds is 8. The monoisotopic (exact) mass is 355 g/mol. The molecule has 0 fully saturated rings. The highest BCUT2D eigenvalue weighted by Gasteiger charge is 2.10. The maximum Gasteiger partial charge on any atom is 0.313 e. The highest BCUT2D eigenvalue weighted by molar-refractivity contribution is 8.00. The number of benzene rings is 1. The topological polar surface area (TPSA) is 105 Å². The van der Waals surface area contributed by atoms with Crippen molar-refractivity contribution in [3.05, 3.63) is 35.2 Å². The van der Waals surface area contributed by atoms with E-state index in [-0.39, 0.29) is 17.4 Å². The summed E-state index contributed by atoms with van der Waals surface area (Å²) < 4.78 is 5.11. The summed E-state index contributed by atoms with van der Waals surface area (Å²) in [7, 11) is 0. The van der Waals surface area contributed by atoms with Crippen molar-refractivity contribution in [1.82, 2.24) is 15.5 Å². The van der Waals surface area contributed by atoms with E-state index in [4.69, 9.17) is 21.2 Å². The number of thioether (sulfide) groups is 1. The van der Waals surface area contributed by atoms with Gasteiger partial charge in [0.15, 0.2) is 0 Å². The van der Waals surface area contributed by atoms with E-state index in [1.165, 1.54) is 0 Å². The van der Waals surface area contributed by atoms with Gasteiger partial charge in [-0.15, -0.1) is 11.8 Å². The number of halogens is 1. The summed E-state index contributed by atoms with van der Waals surface area (Å²) in [4.78, 5) is 26.0. The maximum atomic E-state index is 11.5. The zero-order valence-corrected chi connectivity index (χ0v) is 13.6. The summed E-state index contributed by atoms with van der Waals surface area (Å²) in [5.41, 5.74) is 0.751. The first-order valence-corrected chi connectivity index (χ1v) is 8.22. The third-order valence-corrected chi connectivity index (χ3v) is 3.82. The molecule has 0 saturated carbocycles. The van der Waals surface area contributed by atoms with Gasteiger partial charge in [0.25, 0.3) is 0 Å². The van der Waals surface area contributed by atoms with Gasteiger partial charge in [-0.3, -0.25) is 9.59 Å². The van der Waals surface area contributed by atoms with Crippen LogP contribution < -0.4 is 5.32 Å². The Labute approximate surface area is 141 Å². The van der Waals surface area contributed by atoms with Crippen LogP contribution in [-0.4, -0.2) is 45.2 Å². The Hall–Kier alpha value is -2.06. The van der Waals surface area contributed by atoms with E-state index < -0.39 is 5.97 Å². The van der Waals surface area contributed by atoms with Crippen LogP contribution in [0.1, 0.15) is 5.89 Å². The van der Waals surface area contributed by atoms with Crippen LogP contribution in [0.25, 0.3) is 11.4 Å². The summed E-state index contributed by atoms with van der Waals surface area (Å²) in [6, 6.07) is 7.10. The number of hydrogen-bond donors (Lipinski definition) is 2. The number of aromatic nitrogens is 2. The summed E-state index contributed by atoms with van der Waals surface area (Å²) in [5, 5.41) is 15.6. The van der Waals surface area contributed by atoms with E-state index in [1.807, 2.05) is 6.07 Å². The number of carboxylic acids is 1. The molecule has 0 spiro atoms. The molecule has 0 aliphatic carbocycles. The average molecular weight is 356 g/mol. The molecule has 0 radical (unpaired) electrons. The normalized spacial score (nSPS) is 10.5. The van der Waals surface area contributed by atoms with Crippen molar-refractivity contribution in [3.63, 3.8) is 0 Å². The van der Waals surface area contributed by atoms with Crippen LogP contribution in [-0.2, 0) is 16.0 Å². The minimum Gasteiger partial charge on any atom is -0.481 e. The van der Waals surface area contributed by atoms with Gasteiger partial charge in [-0.1, -0.05) is 28.9 Å². The third kappa shape index (κ3) is 5.91. The van der Waals surface area contributed by atoms with E-state index >= 15 is 0 Å². The summed E-state index contributed by atoms with van der Waals surface area (Å²) in [6.07, 6.45) is 0.392. The van der Waals surface area contributed by atoms with Gasteiger partial charge in [0.1, 0.15) is 0 Å². The van der Waals surface area contributed by atoms with E-state index in [2.05, 4.69) is 15.5 Å². The molecule has 1 amide bonds. The van der Waals surface area contributed by atoms with Crippen molar-refractivity contribution in [2.75, 3.05) is 18.1 Å². The van der Waals surface area contributed by atoms with E-state index in [0.29, 0.717) is 29.7 Å². The number of aliphatic carboxylic acids is 1. The molecule has 0 atom stereocenters. The van der Waals surface area contributed by atoms with Crippen molar-refractivity contribution >= 4 is 35.2 Å². The molecule has 0 bridgehead atoms. The van der Waals surface area contributed by atoms with Crippen molar-refractivity contribution < 1.29 is 19.2 Å². The second kappa shape index (κ2) is 8.54. The standard InChI is InChI=1S/C14H14ClN3O4S/c15-10-3-1-2-9(6-10)14-17-12(22-18-14)4-5-16-11(19)7-23-8-13(20)21/h1-3,6H,4-5,7-8H2,(H,16,19)(H,20,21). The summed E-state index contributed by atoms with van der Waals surface area (Å²) >= 11 is 6.95. The largest absolute Gasteiger partial charge is 0.481 e. The molecule has 1 heterocycles. The van der Waals surface area contributed by atoms with Crippen molar-refractivity contribution in [2.24, 2.45) is 0 Å². The van der Waals surface area contributed by atoms with E-state index in [9.17, 15) is 9.59 Å². The number of nitrogens with zero attached hydrogens (tertiary/aromatic N) is 2. The highest BCUT2D eigenvalue weighted by Crippen LogP contribution is 2.19. The predicted octanol–water partition coefficient (Wildman–Crippen LogP) is 1.87. The van der Waals surface area contributed by atoms with Gasteiger partial charge in [-0.25, -0.2) is 0 Å². The highest BCUT2D eigenvalue weighted by atomic mass is 35.5. The van der Waals surface area contributed by atoms with Gasteiger partial charge in [-0.2, -0.15) is 4.98 Å². The summed E-state index contributed by atoms with van der Waals surface area (Å²) in [6.45, 7) is 0.337. The second-order valence-electron chi connectivity index (χ2n) is 4.51. The Bertz CT molecular complexity index is 692. The van der Waals surface area contributed by atoms with Gasteiger partial charge >= 0.3 is 5.97 Å². The smallest absolute Gasteiger partial charge is 0.313 e. The van der Waals surface area contributed by atoms with Crippen LogP contribution >= 0.6 is 23.4 Å². The zero-order chi connectivity index (χ0) is 16.7. The average Bonchev–Trinajstić information content (AvgIpc) is 2.96. The molecule has 0 aliphatic heterocycles. The predicted molar refractivity (Wildman–Crippen MR) is 86.4 cm³/mol. The van der Waals surface area contributed by atoms with Gasteiger partial charge in [0.05, 0.1) is 11.5 Å². The maximum absolute atomic E-state index is 11.5. The van der Waals surface area contributed by atoms with E-state index in [1.54, 1.807) is 18.2 Å². The number of amides is 1. The first-order chi connectivity index (χ1) is 11.0. The van der Waals surface area contributed by atoms with Crippen molar-refractivity contribution in [2.45, 2.75) is 6.42 Å². The molecular formula is C14H14ClN3O4S. The molecule has 1 aromatic heterocycles. The molecule has 2 aromatic rings. The number of nitrogens with one attached hydrogen (secondary N) is 1. The summed E-state index contributed by atoms with van der Waals surface area (Å²) in [5.74, 6) is -0.332. The van der Waals surface area contributed by atoms with Gasteiger partial charge in [0.2, 0.25) is 17.6 Å². The molecule has 0 aliphatic rings. The molecule has 0 saturated heterocycles. The lowest BCUT2D eigenvalue weighted by Gasteiger charge is -2.01. The Balaban J connectivity index is 1.77. The minimum atomic E-state index is -0.942. The lowest BCUT2D eigenvalue weighted by Crippen LogP contribution is -2.27. The van der Waals surface area contributed by atoms with Gasteiger partial charge in [-0.05, 0) is 12.1 Å². The van der Waals surface area contributed by atoms with E-state index in [0.717, 1.165) is 17.3 Å². The molecular weight excluding hydrogens is 342 g/mol. The van der Waals surface area contributed by atoms with Crippen LogP contribution in [0.2, 0.25) is 5.02 Å². The van der Waals surface area contributed by atoms with Crippen LogP contribution in [0.5, 0.6) is 0 Å².